The number of anilines is 1. The highest BCUT2D eigenvalue weighted by atomic mass is 15.3. The van der Waals surface area contributed by atoms with Gasteiger partial charge in [0, 0.05) is 38.9 Å². The topological polar surface area (TPSA) is 58.3 Å². The van der Waals surface area contributed by atoms with E-state index in [4.69, 9.17) is 5.73 Å². The fraction of sp³-hybridized carbons (Fsp3) is 0.667. The highest BCUT2D eigenvalue weighted by Gasteiger charge is 2.39. The minimum absolute atomic E-state index is 0.485. The van der Waals surface area contributed by atoms with E-state index in [0.29, 0.717) is 6.54 Å². The molecule has 2 aliphatic heterocycles. The molecule has 2 aliphatic rings. The third kappa shape index (κ3) is 2.00. The van der Waals surface area contributed by atoms with Crippen molar-refractivity contribution in [1.29, 1.82) is 0 Å². The van der Waals surface area contributed by atoms with Crippen LogP contribution >= 0.6 is 0 Å². The van der Waals surface area contributed by atoms with E-state index < -0.39 is 0 Å². The van der Waals surface area contributed by atoms with Gasteiger partial charge in [0.15, 0.2) is 0 Å². The molecule has 17 heavy (non-hydrogen) atoms. The number of nitrogens with zero attached hydrogens (tertiary/aromatic N) is 4. The maximum absolute atomic E-state index is 5.61. The molecule has 0 aromatic carbocycles. The van der Waals surface area contributed by atoms with Crippen LogP contribution in [-0.4, -0.2) is 48.1 Å². The van der Waals surface area contributed by atoms with Gasteiger partial charge in [0.05, 0.1) is 5.69 Å². The van der Waals surface area contributed by atoms with Crippen LogP contribution in [0, 0.1) is 11.8 Å². The monoisotopic (exact) mass is 233 g/mol. The van der Waals surface area contributed by atoms with Crippen molar-refractivity contribution >= 4 is 5.95 Å². The first-order chi connectivity index (χ1) is 8.26. The van der Waals surface area contributed by atoms with Crippen LogP contribution in [0.4, 0.5) is 5.95 Å². The first kappa shape index (κ1) is 10.9. The molecule has 1 aromatic heterocycles. The van der Waals surface area contributed by atoms with E-state index in [1.54, 1.807) is 0 Å². The molecule has 5 nitrogen and oxygen atoms in total. The van der Waals surface area contributed by atoms with E-state index in [9.17, 15) is 0 Å². The van der Waals surface area contributed by atoms with Crippen LogP contribution in [0.5, 0.6) is 0 Å². The summed E-state index contributed by atoms with van der Waals surface area (Å²) in [4.78, 5) is 13.6. The Balaban J connectivity index is 1.74. The highest BCUT2D eigenvalue weighted by molar-refractivity contribution is 5.33. The minimum atomic E-state index is 0.485. The molecule has 1 aromatic rings. The van der Waals surface area contributed by atoms with Gasteiger partial charge >= 0.3 is 0 Å². The molecule has 2 unspecified atom stereocenters. The number of likely N-dealkylation sites (tertiary alicyclic amines) is 1. The van der Waals surface area contributed by atoms with Crippen molar-refractivity contribution in [2.75, 3.05) is 38.1 Å². The molecular weight excluding hydrogens is 214 g/mol. The zero-order valence-electron chi connectivity index (χ0n) is 10.2. The lowest BCUT2D eigenvalue weighted by Gasteiger charge is -2.19. The van der Waals surface area contributed by atoms with Crippen molar-refractivity contribution in [3.05, 3.63) is 18.0 Å². The molecule has 5 heteroatoms. The van der Waals surface area contributed by atoms with E-state index in [2.05, 4.69) is 26.8 Å². The number of fused-ring (bicyclic) bond motifs is 1. The Labute approximate surface area is 102 Å². The van der Waals surface area contributed by atoms with E-state index in [0.717, 1.165) is 36.6 Å². The van der Waals surface area contributed by atoms with Gasteiger partial charge in [-0.25, -0.2) is 9.97 Å². The number of aromatic nitrogens is 2. The molecule has 0 saturated carbocycles. The molecule has 2 atom stereocenters. The van der Waals surface area contributed by atoms with E-state index in [-0.39, 0.29) is 0 Å². The van der Waals surface area contributed by atoms with Crippen LogP contribution in [0.2, 0.25) is 0 Å². The number of rotatable bonds is 2. The van der Waals surface area contributed by atoms with Gasteiger partial charge in [-0.15, -0.1) is 0 Å². The molecule has 2 N–H and O–H groups in total. The molecule has 92 valence electrons. The van der Waals surface area contributed by atoms with Crippen LogP contribution in [0.15, 0.2) is 12.3 Å². The minimum Gasteiger partial charge on any atom is -0.340 e. The SMILES string of the molecule is CN1CC2CN(c3nccc(CN)n3)CC2C1. The lowest BCUT2D eigenvalue weighted by molar-refractivity contribution is 0.386. The Kier molecular flexibility index (Phi) is 2.72. The predicted molar refractivity (Wildman–Crippen MR) is 66.6 cm³/mol. The first-order valence-electron chi connectivity index (χ1n) is 6.21. The lowest BCUT2D eigenvalue weighted by Crippen LogP contribution is -2.28. The van der Waals surface area contributed by atoms with Crippen LogP contribution < -0.4 is 10.6 Å². The molecule has 0 bridgehead atoms. The second-order valence-electron chi connectivity index (χ2n) is 5.20. The number of nitrogens with two attached hydrogens (primary N) is 1. The highest BCUT2D eigenvalue weighted by Crippen LogP contribution is 2.31. The summed E-state index contributed by atoms with van der Waals surface area (Å²) in [6, 6.07) is 1.88. The van der Waals surface area contributed by atoms with Crippen molar-refractivity contribution in [2.45, 2.75) is 6.54 Å². The van der Waals surface area contributed by atoms with Crippen LogP contribution in [-0.2, 0) is 6.54 Å². The Morgan fingerprint density at radius 2 is 2.00 bits per heavy atom. The molecule has 0 spiro atoms. The largest absolute Gasteiger partial charge is 0.340 e. The molecule has 2 saturated heterocycles. The van der Waals surface area contributed by atoms with Gasteiger partial charge in [0.1, 0.15) is 0 Å². The van der Waals surface area contributed by atoms with Crippen molar-refractivity contribution in [1.82, 2.24) is 14.9 Å². The molecule has 0 radical (unpaired) electrons. The fourth-order valence-electron chi connectivity index (χ4n) is 3.04. The standard InChI is InChI=1S/C12H19N5/c1-16-5-9-7-17(8-10(9)6-16)12-14-3-2-11(4-13)15-12/h2-3,9-10H,4-8,13H2,1H3. The Morgan fingerprint density at radius 1 is 1.29 bits per heavy atom. The molecule has 3 heterocycles. The van der Waals surface area contributed by atoms with Gasteiger partial charge in [-0.3, -0.25) is 0 Å². The third-order valence-corrected chi connectivity index (χ3v) is 3.86. The van der Waals surface area contributed by atoms with Gasteiger partial charge in [-0.1, -0.05) is 0 Å². The summed E-state index contributed by atoms with van der Waals surface area (Å²) < 4.78 is 0. The summed E-state index contributed by atoms with van der Waals surface area (Å²) in [7, 11) is 2.20. The smallest absolute Gasteiger partial charge is 0.225 e. The molecule has 3 rings (SSSR count). The Morgan fingerprint density at radius 3 is 2.65 bits per heavy atom. The van der Waals surface area contributed by atoms with Crippen molar-refractivity contribution in [3.8, 4) is 0 Å². The van der Waals surface area contributed by atoms with E-state index >= 15 is 0 Å². The second-order valence-corrected chi connectivity index (χ2v) is 5.20. The van der Waals surface area contributed by atoms with Crippen molar-refractivity contribution in [2.24, 2.45) is 17.6 Å². The zero-order chi connectivity index (χ0) is 11.8. The van der Waals surface area contributed by atoms with Gasteiger partial charge in [-0.2, -0.15) is 0 Å². The molecular formula is C12H19N5. The number of hydrogen-bond donors (Lipinski definition) is 1. The third-order valence-electron chi connectivity index (χ3n) is 3.86. The quantitative estimate of drug-likeness (QED) is 0.775. The summed E-state index contributed by atoms with van der Waals surface area (Å²) >= 11 is 0. The summed E-state index contributed by atoms with van der Waals surface area (Å²) in [5.41, 5.74) is 6.53. The summed E-state index contributed by atoms with van der Waals surface area (Å²) in [5.74, 6) is 2.42. The molecule has 2 fully saturated rings. The summed E-state index contributed by atoms with van der Waals surface area (Å²) in [6.07, 6.45) is 1.81. The van der Waals surface area contributed by atoms with Gasteiger partial charge in [-0.05, 0) is 24.9 Å². The van der Waals surface area contributed by atoms with Crippen LogP contribution in [0.1, 0.15) is 5.69 Å². The van der Waals surface area contributed by atoms with Gasteiger partial charge < -0.3 is 15.5 Å². The average Bonchev–Trinajstić information content (AvgIpc) is 2.86. The molecule has 0 aliphatic carbocycles. The summed E-state index contributed by atoms with van der Waals surface area (Å²) in [6.45, 7) is 5.07. The number of hydrogen-bond acceptors (Lipinski definition) is 5. The van der Waals surface area contributed by atoms with E-state index in [1.165, 1.54) is 13.1 Å². The zero-order valence-corrected chi connectivity index (χ0v) is 10.2. The normalized spacial score (nSPS) is 28.7. The maximum Gasteiger partial charge on any atom is 0.225 e. The summed E-state index contributed by atoms with van der Waals surface area (Å²) in [5, 5.41) is 0. The van der Waals surface area contributed by atoms with Crippen molar-refractivity contribution in [3.63, 3.8) is 0 Å². The fourth-order valence-corrected chi connectivity index (χ4v) is 3.04. The Bertz CT molecular complexity index is 394. The van der Waals surface area contributed by atoms with Crippen LogP contribution in [0.3, 0.4) is 0 Å². The van der Waals surface area contributed by atoms with Gasteiger partial charge in [0.2, 0.25) is 5.95 Å². The first-order valence-corrected chi connectivity index (χ1v) is 6.21. The van der Waals surface area contributed by atoms with E-state index in [1.807, 2.05) is 12.3 Å². The predicted octanol–water partition coefficient (Wildman–Crippen LogP) is -0.0669. The van der Waals surface area contributed by atoms with Gasteiger partial charge in [0.25, 0.3) is 0 Å². The second kappa shape index (κ2) is 4.23. The maximum atomic E-state index is 5.61. The average molecular weight is 233 g/mol. The molecule has 0 amide bonds. The Hall–Kier alpha value is -1.20. The van der Waals surface area contributed by atoms with Crippen LogP contribution in [0.25, 0.3) is 0 Å². The van der Waals surface area contributed by atoms with Crippen molar-refractivity contribution < 1.29 is 0 Å². The lowest BCUT2D eigenvalue weighted by atomic mass is 10.0.